The number of anilines is 2. The van der Waals surface area contributed by atoms with Crippen molar-refractivity contribution in [1.82, 2.24) is 0 Å². The van der Waals surface area contributed by atoms with Crippen LogP contribution in [0.3, 0.4) is 0 Å². The Labute approximate surface area is 195 Å². The molecule has 0 spiro atoms. The van der Waals surface area contributed by atoms with E-state index >= 15 is 0 Å². The number of carbonyl (C=O) groups excluding carboxylic acids is 2. The maximum Gasteiger partial charge on any atom is 0.338 e. The Bertz CT molecular complexity index is 1040. The van der Waals surface area contributed by atoms with Crippen LogP contribution < -0.4 is 10.5 Å². The smallest absolute Gasteiger partial charge is 0.338 e. The summed E-state index contributed by atoms with van der Waals surface area (Å²) in [6, 6.07) is 17.7. The number of hydrogen-bond acceptors (Lipinski definition) is 10. The predicted octanol–water partition coefficient (Wildman–Crippen LogP) is 4.91. The molecule has 2 N–H and O–H groups in total. The van der Waals surface area contributed by atoms with Gasteiger partial charge < -0.3 is 30.3 Å². The van der Waals surface area contributed by atoms with E-state index in [0.29, 0.717) is 11.1 Å². The average molecular weight is 466 g/mol. The average Bonchev–Trinajstić information content (AvgIpc) is 2.84. The molecule has 3 rings (SSSR count). The van der Waals surface area contributed by atoms with Gasteiger partial charge in [-0.1, -0.05) is 18.2 Å². The van der Waals surface area contributed by atoms with E-state index in [-0.39, 0.29) is 33.0 Å². The largest absolute Gasteiger partial charge is 0.733 e. The summed E-state index contributed by atoms with van der Waals surface area (Å²) in [6.45, 7) is 3.38. The molecule has 2 unspecified atom stereocenters. The van der Waals surface area contributed by atoms with Gasteiger partial charge in [0.25, 0.3) is 0 Å². The second-order valence-corrected chi connectivity index (χ2v) is 7.40. The first kappa shape index (κ1) is 24.7. The van der Waals surface area contributed by atoms with E-state index in [1.807, 2.05) is 0 Å². The van der Waals surface area contributed by atoms with Crippen LogP contribution in [0.5, 0.6) is 0 Å². The number of nitrogens with zero attached hydrogens (tertiary/aromatic N) is 2. The molecule has 0 aliphatic heterocycles. The van der Waals surface area contributed by atoms with E-state index in [4.69, 9.17) is 19.9 Å². The summed E-state index contributed by atoms with van der Waals surface area (Å²) in [5.74, 6) is -1.22. The summed E-state index contributed by atoms with van der Waals surface area (Å²) in [4.78, 5) is 24.8. The molecule has 3 aromatic rings. The number of benzene rings is 3. The van der Waals surface area contributed by atoms with Gasteiger partial charge in [0.1, 0.15) is 12.2 Å². The van der Waals surface area contributed by atoms with Crippen LogP contribution in [0.2, 0.25) is 0 Å². The summed E-state index contributed by atoms with van der Waals surface area (Å²) in [6.07, 6.45) is -1.24. The number of hydrogen-bond donors (Lipinski definition) is 2. The fraction of sp³-hybridized carbons (Fsp3) is 0.167. The summed E-state index contributed by atoms with van der Waals surface area (Å²) < 4.78 is 11.0. The predicted molar refractivity (Wildman–Crippen MR) is 122 cm³/mol. The third-order valence-corrected chi connectivity index (χ3v) is 5.06. The van der Waals surface area contributed by atoms with E-state index in [1.54, 1.807) is 38.1 Å². The first-order valence-electron chi connectivity index (χ1n) is 10.2. The van der Waals surface area contributed by atoms with Crippen LogP contribution in [0.15, 0.2) is 72.8 Å². The lowest BCUT2D eigenvalue weighted by atomic mass is 10.0. The van der Waals surface area contributed by atoms with Gasteiger partial charge in [-0.2, -0.15) is 0 Å². The molecule has 0 aliphatic rings. The van der Waals surface area contributed by atoms with Gasteiger partial charge in [0, 0.05) is 0 Å². The zero-order chi connectivity index (χ0) is 24.8. The molecule has 0 aromatic heterocycles. The third kappa shape index (κ3) is 6.09. The molecule has 0 aliphatic carbocycles. The first-order valence-corrected chi connectivity index (χ1v) is 10.2. The molecule has 0 heterocycles. The molecule has 0 fully saturated rings. The highest BCUT2D eigenvalue weighted by Gasteiger charge is 2.18. The summed E-state index contributed by atoms with van der Waals surface area (Å²) in [5.41, 5.74) is 1.74. The first-order chi connectivity index (χ1) is 16.2. The van der Waals surface area contributed by atoms with Gasteiger partial charge in [-0.3, -0.25) is 10.4 Å². The van der Waals surface area contributed by atoms with Gasteiger partial charge >= 0.3 is 11.9 Å². The third-order valence-electron chi connectivity index (χ3n) is 5.06. The Morgan fingerprint density at radius 1 is 0.706 bits per heavy atom. The minimum Gasteiger partial charge on any atom is -0.733 e. The van der Waals surface area contributed by atoms with Crippen molar-refractivity contribution < 1.29 is 29.5 Å². The molecule has 0 amide bonds. The molecule has 0 saturated carbocycles. The lowest BCUT2D eigenvalue weighted by Crippen LogP contribution is -2.12. The van der Waals surface area contributed by atoms with Crippen LogP contribution in [0.1, 0.15) is 57.9 Å². The summed E-state index contributed by atoms with van der Waals surface area (Å²) in [7, 11) is 0. The summed E-state index contributed by atoms with van der Waals surface area (Å²) in [5, 5.41) is 38.9. The fourth-order valence-corrected chi connectivity index (χ4v) is 3.11. The molecule has 0 radical (unpaired) electrons. The minimum atomic E-state index is -0.620. The van der Waals surface area contributed by atoms with E-state index in [9.17, 15) is 20.0 Å². The maximum absolute atomic E-state index is 12.4. The van der Waals surface area contributed by atoms with E-state index in [2.05, 4.69) is 0 Å². The topological polar surface area (TPSA) is 146 Å². The molecular formula is C24H22N2O8-2. The van der Waals surface area contributed by atoms with Crippen molar-refractivity contribution in [2.75, 3.05) is 10.5 Å². The zero-order valence-corrected chi connectivity index (χ0v) is 18.3. The molecule has 178 valence electrons. The highest BCUT2D eigenvalue weighted by molar-refractivity contribution is 5.90. The van der Waals surface area contributed by atoms with Crippen molar-refractivity contribution in [2.24, 2.45) is 0 Å². The quantitative estimate of drug-likeness (QED) is 0.347. The SMILES string of the molecule is CC(OC(=O)c1ccc(N([O-])O)cc1)c1cccc(C(C)OC(=O)c2ccc(N([O-])O)cc2)c1. The summed E-state index contributed by atoms with van der Waals surface area (Å²) >= 11 is 0. The van der Waals surface area contributed by atoms with Gasteiger partial charge in [0.05, 0.1) is 22.5 Å². The van der Waals surface area contributed by atoms with Crippen LogP contribution in [0, 0.1) is 10.4 Å². The molecule has 3 aromatic carbocycles. The number of carbonyl (C=O) groups is 2. The van der Waals surface area contributed by atoms with Crippen LogP contribution in [-0.4, -0.2) is 22.4 Å². The Kier molecular flexibility index (Phi) is 7.82. The molecule has 10 nitrogen and oxygen atoms in total. The van der Waals surface area contributed by atoms with Crippen molar-refractivity contribution in [2.45, 2.75) is 26.1 Å². The van der Waals surface area contributed by atoms with Gasteiger partial charge in [0.2, 0.25) is 0 Å². The molecular weight excluding hydrogens is 444 g/mol. The van der Waals surface area contributed by atoms with E-state index in [0.717, 1.165) is 0 Å². The van der Waals surface area contributed by atoms with Gasteiger partial charge in [-0.25, -0.2) is 9.59 Å². The standard InChI is InChI=1S/C24H22N2O8/c1-15(33-23(27)17-6-10-21(11-7-17)25(29)30)19-4-3-5-20(14-19)16(2)34-24(28)18-8-12-22(13-9-18)26(31)32/h3-16,29,31H,1-2H3/q-2. The van der Waals surface area contributed by atoms with Crippen LogP contribution in [0.4, 0.5) is 11.4 Å². The molecule has 0 bridgehead atoms. The van der Waals surface area contributed by atoms with Gasteiger partial charge in [0.15, 0.2) is 0 Å². The highest BCUT2D eigenvalue weighted by Crippen LogP contribution is 2.25. The van der Waals surface area contributed by atoms with Gasteiger partial charge in [-0.05, 0) is 79.6 Å². The van der Waals surface area contributed by atoms with Crippen LogP contribution in [-0.2, 0) is 9.47 Å². The molecule has 10 heteroatoms. The van der Waals surface area contributed by atoms with Crippen molar-refractivity contribution in [3.63, 3.8) is 0 Å². The number of esters is 2. The van der Waals surface area contributed by atoms with Gasteiger partial charge in [-0.15, -0.1) is 0 Å². The lowest BCUT2D eigenvalue weighted by Gasteiger charge is -2.21. The Morgan fingerprint density at radius 3 is 1.38 bits per heavy atom. The van der Waals surface area contributed by atoms with E-state index in [1.165, 1.54) is 48.5 Å². The minimum absolute atomic E-state index is 0.0162. The highest BCUT2D eigenvalue weighted by atomic mass is 16.8. The second kappa shape index (κ2) is 10.8. The van der Waals surface area contributed by atoms with Crippen LogP contribution in [0.25, 0.3) is 0 Å². The van der Waals surface area contributed by atoms with Crippen LogP contribution >= 0.6 is 0 Å². The fourth-order valence-electron chi connectivity index (χ4n) is 3.11. The molecule has 2 atom stereocenters. The van der Waals surface area contributed by atoms with Crippen molar-refractivity contribution in [3.8, 4) is 0 Å². The van der Waals surface area contributed by atoms with Crippen molar-refractivity contribution in [3.05, 3.63) is 105 Å². The maximum atomic E-state index is 12.4. The van der Waals surface area contributed by atoms with E-state index < -0.39 is 24.1 Å². The Morgan fingerprint density at radius 2 is 1.06 bits per heavy atom. The number of rotatable bonds is 8. The molecule has 0 saturated heterocycles. The monoisotopic (exact) mass is 466 g/mol. The lowest BCUT2D eigenvalue weighted by molar-refractivity contribution is 0.0334. The molecule has 34 heavy (non-hydrogen) atoms. The van der Waals surface area contributed by atoms with Crippen molar-refractivity contribution in [1.29, 1.82) is 0 Å². The zero-order valence-electron chi connectivity index (χ0n) is 18.3. The normalized spacial score (nSPS) is 12.4. The number of ether oxygens (including phenoxy) is 2. The Hall–Kier alpha value is -3.96. The van der Waals surface area contributed by atoms with Crippen molar-refractivity contribution >= 4 is 23.3 Å². The second-order valence-electron chi connectivity index (χ2n) is 7.40. The Balaban J connectivity index is 1.64.